The van der Waals surface area contributed by atoms with Gasteiger partial charge < -0.3 is 10.4 Å². The lowest BCUT2D eigenvalue weighted by Crippen LogP contribution is -2.46. The molecule has 0 saturated carbocycles. The van der Waals surface area contributed by atoms with Crippen molar-refractivity contribution in [2.45, 2.75) is 18.6 Å². The smallest absolute Gasteiger partial charge is 0.390 e. The van der Waals surface area contributed by atoms with E-state index in [9.17, 15) is 18.3 Å². The average molecular weight is 416 g/mol. The molecule has 0 radical (unpaired) electrons. The Kier molecular flexibility index (Phi) is 9.35. The zero-order chi connectivity index (χ0) is 15.6. The van der Waals surface area contributed by atoms with Gasteiger partial charge >= 0.3 is 6.18 Å². The summed E-state index contributed by atoms with van der Waals surface area (Å²) in [5, 5.41) is 13.3. The van der Waals surface area contributed by atoms with E-state index in [4.69, 9.17) is 23.2 Å². The number of nitrogens with zero attached hydrogens (tertiary/aromatic N) is 1. The van der Waals surface area contributed by atoms with Gasteiger partial charge in [0, 0.05) is 42.8 Å². The molecule has 0 bridgehead atoms. The molecule has 0 amide bonds. The molecule has 0 unspecified atom stereocenters. The highest BCUT2D eigenvalue weighted by Crippen LogP contribution is 2.42. The number of piperazine rings is 1. The molecule has 3 nitrogen and oxygen atoms in total. The Morgan fingerprint density at radius 1 is 1.17 bits per heavy atom. The number of benzene rings is 1. The molecule has 1 aliphatic rings. The zero-order valence-electron chi connectivity index (χ0n) is 11.9. The van der Waals surface area contributed by atoms with Crippen LogP contribution in [0.25, 0.3) is 0 Å². The summed E-state index contributed by atoms with van der Waals surface area (Å²) in [6.07, 6.45) is -5.42. The molecule has 2 rings (SSSR count). The summed E-state index contributed by atoms with van der Waals surface area (Å²) in [5.41, 5.74) is 0.0836. The fraction of sp³-hybridized carbons (Fsp3) is 0.538. The van der Waals surface area contributed by atoms with Crippen LogP contribution in [0.3, 0.4) is 0 Å². The van der Waals surface area contributed by atoms with E-state index in [2.05, 4.69) is 5.32 Å². The van der Waals surface area contributed by atoms with Crippen molar-refractivity contribution in [3.8, 4) is 5.75 Å². The van der Waals surface area contributed by atoms with Gasteiger partial charge in [-0.2, -0.15) is 13.2 Å². The molecule has 1 aromatic rings. The molecule has 0 aromatic heterocycles. The van der Waals surface area contributed by atoms with Crippen molar-refractivity contribution < 1.29 is 18.3 Å². The van der Waals surface area contributed by atoms with Crippen molar-refractivity contribution in [3.05, 3.63) is 27.7 Å². The third kappa shape index (κ3) is 6.36. The van der Waals surface area contributed by atoms with Crippen LogP contribution in [-0.2, 0) is 0 Å². The fourth-order valence-electron chi connectivity index (χ4n) is 2.53. The van der Waals surface area contributed by atoms with Gasteiger partial charge in [0.15, 0.2) is 0 Å². The maximum Gasteiger partial charge on any atom is 0.390 e. The predicted octanol–water partition coefficient (Wildman–Crippen LogP) is 4.44. The lowest BCUT2D eigenvalue weighted by molar-refractivity contribution is -0.148. The number of phenols is 1. The minimum atomic E-state index is -4.36. The third-order valence-corrected chi connectivity index (χ3v) is 3.95. The normalized spacial score (nSPS) is 17.1. The van der Waals surface area contributed by atoms with Crippen molar-refractivity contribution in [2.75, 3.05) is 26.2 Å². The molecule has 0 aliphatic carbocycles. The summed E-state index contributed by atoms with van der Waals surface area (Å²) in [6.45, 7) is 2.11. The lowest BCUT2D eigenvalue weighted by atomic mass is 9.99. The van der Waals surface area contributed by atoms with Crippen molar-refractivity contribution in [3.63, 3.8) is 0 Å². The summed E-state index contributed by atoms with van der Waals surface area (Å²) >= 11 is 11.8. The highest BCUT2D eigenvalue weighted by atomic mass is 35.5. The summed E-state index contributed by atoms with van der Waals surface area (Å²) in [4.78, 5) is 1.68. The first kappa shape index (κ1) is 22.9. The van der Waals surface area contributed by atoms with Gasteiger partial charge in [-0.1, -0.05) is 23.2 Å². The number of phenolic OH excluding ortho intramolecular Hbond substituents is 1. The Morgan fingerprint density at radius 3 is 2.22 bits per heavy atom. The minimum Gasteiger partial charge on any atom is -0.508 e. The number of aromatic hydroxyl groups is 1. The van der Waals surface area contributed by atoms with Gasteiger partial charge in [-0.05, 0) is 12.1 Å². The molecule has 1 fully saturated rings. The van der Waals surface area contributed by atoms with Crippen LogP contribution < -0.4 is 5.32 Å². The molecule has 2 N–H and O–H groups in total. The molecule has 1 atom stereocenters. The van der Waals surface area contributed by atoms with Crippen LogP contribution in [0.1, 0.15) is 18.0 Å². The molecule has 23 heavy (non-hydrogen) atoms. The first-order chi connectivity index (χ1) is 9.78. The quantitative estimate of drug-likeness (QED) is 0.765. The second kappa shape index (κ2) is 9.39. The average Bonchev–Trinajstić information content (AvgIpc) is 2.36. The summed E-state index contributed by atoms with van der Waals surface area (Å²) in [7, 11) is 0. The monoisotopic (exact) mass is 414 g/mol. The second-order valence-corrected chi connectivity index (χ2v) is 5.79. The van der Waals surface area contributed by atoms with E-state index >= 15 is 0 Å². The SMILES string of the molecule is Cl.Cl.Oc1cc(Cl)cc(Cl)c1[C@@H](CC(F)(F)F)N1CCNCC1. The van der Waals surface area contributed by atoms with Crippen molar-refractivity contribution in [1.29, 1.82) is 0 Å². The van der Waals surface area contributed by atoms with E-state index in [0.29, 0.717) is 26.2 Å². The molecular formula is C13H17Cl4F3N2O. The largest absolute Gasteiger partial charge is 0.508 e. The Morgan fingerprint density at radius 2 is 1.74 bits per heavy atom. The number of rotatable bonds is 3. The van der Waals surface area contributed by atoms with Crippen LogP contribution in [0, 0.1) is 0 Å². The van der Waals surface area contributed by atoms with E-state index in [0.717, 1.165) is 0 Å². The molecule has 10 heteroatoms. The van der Waals surface area contributed by atoms with Gasteiger partial charge in [-0.25, -0.2) is 0 Å². The van der Waals surface area contributed by atoms with Crippen LogP contribution in [-0.4, -0.2) is 42.4 Å². The molecule has 134 valence electrons. The Bertz CT molecular complexity index is 487. The van der Waals surface area contributed by atoms with Gasteiger partial charge in [0.25, 0.3) is 0 Å². The summed E-state index contributed by atoms with van der Waals surface area (Å²) in [6, 6.07) is 1.55. The van der Waals surface area contributed by atoms with E-state index in [1.165, 1.54) is 12.1 Å². The number of halogens is 7. The van der Waals surface area contributed by atoms with E-state index in [1.807, 2.05) is 0 Å². The summed E-state index contributed by atoms with van der Waals surface area (Å²) < 4.78 is 38.7. The number of hydrogen-bond acceptors (Lipinski definition) is 3. The van der Waals surface area contributed by atoms with E-state index < -0.39 is 18.6 Å². The number of hydrogen-bond donors (Lipinski definition) is 2. The Balaban J connectivity index is 0.00000242. The fourth-order valence-corrected chi connectivity index (χ4v) is 3.14. The van der Waals surface area contributed by atoms with Crippen molar-refractivity contribution >= 4 is 48.0 Å². The number of alkyl halides is 3. The second-order valence-electron chi connectivity index (χ2n) is 4.94. The zero-order valence-corrected chi connectivity index (χ0v) is 15.0. The molecule has 1 aromatic carbocycles. The topological polar surface area (TPSA) is 35.5 Å². The van der Waals surface area contributed by atoms with Gasteiger partial charge in [0.1, 0.15) is 5.75 Å². The van der Waals surface area contributed by atoms with Crippen LogP contribution in [0.15, 0.2) is 12.1 Å². The van der Waals surface area contributed by atoms with Crippen LogP contribution >= 0.6 is 48.0 Å². The Labute approximate surface area is 154 Å². The highest BCUT2D eigenvalue weighted by Gasteiger charge is 2.38. The highest BCUT2D eigenvalue weighted by molar-refractivity contribution is 6.35. The first-order valence-corrected chi connectivity index (χ1v) is 7.23. The molecule has 0 spiro atoms. The predicted molar refractivity (Wildman–Crippen MR) is 90.5 cm³/mol. The maximum atomic E-state index is 12.9. The van der Waals surface area contributed by atoms with E-state index in [1.54, 1.807) is 4.90 Å². The van der Waals surface area contributed by atoms with Crippen LogP contribution in [0.4, 0.5) is 13.2 Å². The Hall–Kier alpha value is -0.110. The summed E-state index contributed by atoms with van der Waals surface area (Å²) in [5.74, 6) is -0.305. The third-order valence-electron chi connectivity index (χ3n) is 3.42. The van der Waals surface area contributed by atoms with Gasteiger partial charge in [0.2, 0.25) is 0 Å². The minimum absolute atomic E-state index is 0. The lowest BCUT2D eigenvalue weighted by Gasteiger charge is -2.36. The van der Waals surface area contributed by atoms with Crippen LogP contribution in [0.2, 0.25) is 10.0 Å². The van der Waals surface area contributed by atoms with Crippen molar-refractivity contribution in [2.24, 2.45) is 0 Å². The number of nitrogens with one attached hydrogen (secondary N) is 1. The van der Waals surface area contributed by atoms with Gasteiger partial charge in [-0.3, -0.25) is 4.90 Å². The van der Waals surface area contributed by atoms with Crippen LogP contribution in [0.5, 0.6) is 5.75 Å². The van der Waals surface area contributed by atoms with E-state index in [-0.39, 0.29) is 46.2 Å². The first-order valence-electron chi connectivity index (χ1n) is 6.47. The molecule has 1 aliphatic heterocycles. The van der Waals surface area contributed by atoms with Crippen molar-refractivity contribution in [1.82, 2.24) is 10.2 Å². The maximum absolute atomic E-state index is 12.9. The van der Waals surface area contributed by atoms with Gasteiger partial charge in [-0.15, -0.1) is 24.8 Å². The standard InChI is InChI=1S/C13H15Cl2F3N2O.2ClH/c14-8-5-9(15)12(11(21)6-8)10(7-13(16,17)18)20-3-1-19-2-4-20;;/h5-6,10,19,21H,1-4,7H2;2*1H/t10-;;/m1../s1. The van der Waals surface area contributed by atoms with Gasteiger partial charge in [0.05, 0.1) is 11.4 Å². The molecular weight excluding hydrogens is 399 g/mol. The molecule has 1 saturated heterocycles. The molecule has 1 heterocycles.